The van der Waals surface area contributed by atoms with Gasteiger partial charge in [-0.25, -0.2) is 0 Å². The molecule has 0 spiro atoms. The first kappa shape index (κ1) is 20.9. The van der Waals surface area contributed by atoms with Crippen LogP contribution in [0.15, 0.2) is 48.2 Å². The third kappa shape index (κ3) is 3.27. The normalized spacial score (nSPS) is 27.6. The number of rotatable bonds is 5. The summed E-state index contributed by atoms with van der Waals surface area (Å²) in [4.78, 5) is 38.8. The second kappa shape index (κ2) is 7.87. The molecule has 1 aromatic carbocycles. The van der Waals surface area contributed by atoms with Crippen molar-refractivity contribution >= 4 is 40.4 Å². The molecule has 0 bridgehead atoms. The van der Waals surface area contributed by atoms with Crippen molar-refractivity contribution in [3.8, 4) is 6.07 Å². The number of carbonyl (C=O) groups excluding carboxylic acids is 3. The second-order valence-electron chi connectivity index (χ2n) is 6.78. The molecule has 1 saturated heterocycles. The molecule has 0 unspecified atom stereocenters. The van der Waals surface area contributed by atoms with Crippen LogP contribution in [-0.4, -0.2) is 41.4 Å². The number of benzene rings is 1. The second-order valence-corrected chi connectivity index (χ2v) is 8.03. The lowest BCUT2D eigenvalue weighted by Gasteiger charge is -2.32. The zero-order valence-electron chi connectivity index (χ0n) is 15.5. The first-order valence-electron chi connectivity index (χ1n) is 8.88. The summed E-state index contributed by atoms with van der Waals surface area (Å²) >= 11 is 2.11. The molecule has 9 heteroatoms. The van der Waals surface area contributed by atoms with Crippen LogP contribution in [0.1, 0.15) is 18.4 Å². The summed E-state index contributed by atoms with van der Waals surface area (Å²) in [5.74, 6) is -3.07. The number of hydrogen-bond donors (Lipinski definition) is 2. The lowest BCUT2D eigenvalue weighted by atomic mass is 9.68. The van der Waals surface area contributed by atoms with E-state index in [1.165, 1.54) is 23.3 Å². The van der Waals surface area contributed by atoms with Gasteiger partial charge in [0, 0.05) is 15.7 Å². The molecule has 0 aromatic heterocycles. The predicted octanol–water partition coefficient (Wildman–Crippen LogP) is 0.925. The topological polar surface area (TPSA) is 140 Å². The summed E-state index contributed by atoms with van der Waals surface area (Å²) in [6.45, 7) is 1.71. The van der Waals surface area contributed by atoms with E-state index in [9.17, 15) is 19.6 Å². The monoisotopic (exact) mass is 506 g/mol. The molecule has 2 aliphatic heterocycles. The van der Waals surface area contributed by atoms with Gasteiger partial charge in [0.1, 0.15) is 6.04 Å². The fourth-order valence-corrected chi connectivity index (χ4v) is 4.67. The van der Waals surface area contributed by atoms with Gasteiger partial charge < -0.3 is 21.1 Å². The molecule has 8 nitrogen and oxygen atoms in total. The third-order valence-electron chi connectivity index (χ3n) is 5.24. The average Bonchev–Trinajstić information content (AvgIpc) is 2.99. The van der Waals surface area contributed by atoms with Gasteiger partial charge in [-0.3, -0.25) is 14.4 Å². The molecule has 150 valence electrons. The zero-order valence-corrected chi connectivity index (χ0v) is 17.7. The van der Waals surface area contributed by atoms with E-state index >= 15 is 0 Å². The molecular weight excluding hydrogens is 487 g/mol. The maximum Gasteiger partial charge on any atom is 0.329 e. The Morgan fingerprint density at radius 3 is 2.62 bits per heavy atom. The molecule has 1 fully saturated rings. The highest BCUT2D eigenvalue weighted by Gasteiger charge is 2.66. The van der Waals surface area contributed by atoms with Gasteiger partial charge in [-0.05, 0) is 53.3 Å². The Bertz CT molecular complexity index is 983. The van der Waals surface area contributed by atoms with Crippen molar-refractivity contribution in [3.63, 3.8) is 0 Å². The van der Waals surface area contributed by atoms with Crippen LogP contribution < -0.4 is 11.5 Å². The molecule has 2 heterocycles. The minimum absolute atomic E-state index is 0.0708. The maximum absolute atomic E-state index is 13.1. The van der Waals surface area contributed by atoms with Gasteiger partial charge in [-0.15, -0.1) is 0 Å². The predicted molar refractivity (Wildman–Crippen MR) is 112 cm³/mol. The van der Waals surface area contributed by atoms with Crippen molar-refractivity contribution in [3.05, 3.63) is 57.3 Å². The van der Waals surface area contributed by atoms with Gasteiger partial charge in [0.25, 0.3) is 0 Å². The van der Waals surface area contributed by atoms with E-state index in [1.807, 2.05) is 6.07 Å². The lowest BCUT2D eigenvalue weighted by molar-refractivity contribution is -0.153. The molecule has 4 N–H and O–H groups in total. The quantitative estimate of drug-likeness (QED) is 0.450. The van der Waals surface area contributed by atoms with Crippen molar-refractivity contribution in [2.75, 3.05) is 6.61 Å². The highest BCUT2D eigenvalue weighted by Crippen LogP contribution is 2.53. The molecule has 0 radical (unpaired) electrons. The highest BCUT2D eigenvalue weighted by atomic mass is 127. The smallest absolute Gasteiger partial charge is 0.329 e. The van der Waals surface area contributed by atoms with Crippen molar-refractivity contribution < 1.29 is 19.1 Å². The maximum atomic E-state index is 13.1. The standard InChI is InChI=1S/C20H19IN4O4/c1-2-29-19(28)20(10-22)14-7-6-12(17(23)26)9-25(14)16(18(24)27)15(20)11-4-3-5-13(21)8-11/h3-9,14-16H,2H2,1H3,(H2,23,26)(H2,24,27)/t14-,15-,16-,20-/m0/s1. The Balaban J connectivity index is 2.30. The van der Waals surface area contributed by atoms with Gasteiger partial charge in [0.15, 0.2) is 5.41 Å². The van der Waals surface area contributed by atoms with Gasteiger partial charge >= 0.3 is 5.97 Å². The fraction of sp³-hybridized carbons (Fsp3) is 0.300. The molecule has 4 atom stereocenters. The summed E-state index contributed by atoms with van der Waals surface area (Å²) in [5, 5.41) is 10.3. The lowest BCUT2D eigenvalue weighted by Crippen LogP contribution is -2.45. The number of halogens is 1. The molecule has 2 amide bonds. The van der Waals surface area contributed by atoms with Crippen LogP contribution in [0.5, 0.6) is 0 Å². The number of nitriles is 1. The van der Waals surface area contributed by atoms with Crippen molar-refractivity contribution in [1.29, 1.82) is 5.26 Å². The number of amides is 2. The molecule has 2 aliphatic rings. The van der Waals surface area contributed by atoms with E-state index in [4.69, 9.17) is 16.2 Å². The van der Waals surface area contributed by atoms with Gasteiger partial charge in [-0.1, -0.05) is 18.2 Å². The summed E-state index contributed by atoms with van der Waals surface area (Å²) in [6, 6.07) is 7.41. The van der Waals surface area contributed by atoms with E-state index in [2.05, 4.69) is 28.7 Å². The summed E-state index contributed by atoms with van der Waals surface area (Å²) in [6.07, 6.45) is 4.37. The molecule has 0 aliphatic carbocycles. The first-order valence-corrected chi connectivity index (χ1v) is 9.96. The Morgan fingerprint density at radius 1 is 1.34 bits per heavy atom. The van der Waals surface area contributed by atoms with E-state index in [1.54, 1.807) is 25.1 Å². The minimum Gasteiger partial charge on any atom is -0.465 e. The van der Waals surface area contributed by atoms with Crippen LogP contribution in [-0.2, 0) is 19.1 Å². The summed E-state index contributed by atoms with van der Waals surface area (Å²) in [7, 11) is 0. The molecule has 0 saturated carbocycles. The molecule has 3 rings (SSSR count). The largest absolute Gasteiger partial charge is 0.465 e. The number of primary amides is 2. The van der Waals surface area contributed by atoms with Crippen LogP contribution in [0.25, 0.3) is 0 Å². The summed E-state index contributed by atoms with van der Waals surface area (Å²) in [5.41, 5.74) is 10.1. The SMILES string of the molecule is CCOC(=O)[C@@]1(C#N)[C@@H]2C=CC(C(N)=O)=CN2[C@H](C(N)=O)[C@@H]1c1cccc(I)c1. The van der Waals surface area contributed by atoms with Crippen molar-refractivity contribution in [2.45, 2.75) is 24.9 Å². The van der Waals surface area contributed by atoms with Crippen LogP contribution in [0.2, 0.25) is 0 Å². The third-order valence-corrected chi connectivity index (χ3v) is 5.91. The molecule has 29 heavy (non-hydrogen) atoms. The first-order chi connectivity index (χ1) is 13.8. The number of esters is 1. The Kier molecular flexibility index (Phi) is 5.66. The van der Waals surface area contributed by atoms with E-state index < -0.39 is 41.2 Å². The number of nitrogens with zero attached hydrogens (tertiary/aromatic N) is 2. The van der Waals surface area contributed by atoms with Crippen molar-refractivity contribution in [2.24, 2.45) is 16.9 Å². The van der Waals surface area contributed by atoms with Gasteiger partial charge in [-0.2, -0.15) is 5.26 Å². The van der Waals surface area contributed by atoms with Crippen molar-refractivity contribution in [1.82, 2.24) is 4.90 Å². The minimum atomic E-state index is -1.74. The number of nitrogens with two attached hydrogens (primary N) is 2. The van der Waals surface area contributed by atoms with Gasteiger partial charge in [0.2, 0.25) is 11.8 Å². The van der Waals surface area contributed by atoms with Crippen LogP contribution in [0.4, 0.5) is 0 Å². The fourth-order valence-electron chi connectivity index (χ4n) is 4.11. The van der Waals surface area contributed by atoms with Crippen LogP contribution in [0, 0.1) is 20.3 Å². The number of ether oxygens (including phenoxy) is 1. The van der Waals surface area contributed by atoms with Gasteiger partial charge in [0.05, 0.1) is 24.3 Å². The molecular formula is C20H19IN4O4. The highest BCUT2D eigenvalue weighted by molar-refractivity contribution is 14.1. The number of hydrogen-bond acceptors (Lipinski definition) is 6. The molecule has 1 aromatic rings. The Labute approximate surface area is 181 Å². The van der Waals surface area contributed by atoms with Crippen LogP contribution >= 0.6 is 22.6 Å². The zero-order chi connectivity index (χ0) is 21.3. The summed E-state index contributed by atoms with van der Waals surface area (Å²) < 4.78 is 6.13. The van der Waals surface area contributed by atoms with Crippen LogP contribution in [0.3, 0.4) is 0 Å². The number of fused-ring (bicyclic) bond motifs is 1. The Morgan fingerprint density at radius 2 is 2.07 bits per heavy atom. The number of carbonyl (C=O) groups is 3. The van der Waals surface area contributed by atoms with E-state index in [0.29, 0.717) is 5.56 Å². The Hall–Kier alpha value is -2.87. The van der Waals surface area contributed by atoms with E-state index in [-0.39, 0.29) is 12.2 Å². The average molecular weight is 506 g/mol. The van der Waals surface area contributed by atoms with E-state index in [0.717, 1.165) is 3.57 Å².